The van der Waals surface area contributed by atoms with Crippen molar-refractivity contribution in [2.24, 2.45) is 0 Å². The number of nitrogens with one attached hydrogen (secondary N) is 1. The lowest BCUT2D eigenvalue weighted by Gasteiger charge is -2.34. The topological polar surface area (TPSA) is 86.8 Å². The van der Waals surface area contributed by atoms with Crippen molar-refractivity contribution in [3.63, 3.8) is 0 Å². The number of amides is 2. The van der Waals surface area contributed by atoms with Gasteiger partial charge in [0.1, 0.15) is 12.6 Å². The van der Waals surface area contributed by atoms with E-state index in [0.29, 0.717) is 5.69 Å². The van der Waals surface area contributed by atoms with Gasteiger partial charge in [-0.05, 0) is 62.6 Å². The molecule has 2 amide bonds. The summed E-state index contributed by atoms with van der Waals surface area (Å²) in [4.78, 5) is 29.1. The second-order valence-electron chi connectivity index (χ2n) is 10.1. The van der Waals surface area contributed by atoms with E-state index < -0.39 is 28.5 Å². The molecule has 0 saturated heterocycles. The van der Waals surface area contributed by atoms with Crippen LogP contribution in [-0.2, 0) is 32.6 Å². The molecule has 0 heterocycles. The molecule has 0 radical (unpaired) electrons. The highest BCUT2D eigenvalue weighted by molar-refractivity contribution is 9.10. The second kappa shape index (κ2) is 13.3. The standard InChI is InChI=1S/C30H36BrN3O4S/c1-21(2)32-30(36)28(18-24-9-7-6-8-10-24)33(19-25-13-11-22(3)12-14-25)29(35)20-34(39(5,37)38)26-15-16-27(31)23(4)17-26/h6-17,21,28H,18-20H2,1-5H3,(H,32,36). The Morgan fingerprint density at radius 1 is 0.923 bits per heavy atom. The normalized spacial score (nSPS) is 12.2. The average molecular weight is 615 g/mol. The Morgan fingerprint density at radius 3 is 2.13 bits per heavy atom. The van der Waals surface area contributed by atoms with E-state index in [1.54, 1.807) is 18.2 Å². The third-order valence-corrected chi connectivity index (χ3v) is 8.31. The van der Waals surface area contributed by atoms with Crippen LogP contribution >= 0.6 is 15.9 Å². The first-order valence-electron chi connectivity index (χ1n) is 12.8. The number of hydrogen-bond acceptors (Lipinski definition) is 4. The van der Waals surface area contributed by atoms with Gasteiger partial charge in [0.05, 0.1) is 11.9 Å². The molecule has 1 unspecified atom stereocenters. The molecule has 0 aromatic heterocycles. The maximum absolute atomic E-state index is 14.0. The monoisotopic (exact) mass is 613 g/mol. The Hall–Kier alpha value is -3.17. The molecule has 39 heavy (non-hydrogen) atoms. The molecule has 3 rings (SSSR count). The summed E-state index contributed by atoms with van der Waals surface area (Å²) in [5.74, 6) is -0.763. The summed E-state index contributed by atoms with van der Waals surface area (Å²) in [5.41, 5.74) is 4.03. The highest BCUT2D eigenvalue weighted by Gasteiger charge is 2.33. The number of benzene rings is 3. The predicted molar refractivity (Wildman–Crippen MR) is 160 cm³/mol. The van der Waals surface area contributed by atoms with Gasteiger partial charge in [0.25, 0.3) is 0 Å². The van der Waals surface area contributed by atoms with Crippen LogP contribution in [0.4, 0.5) is 5.69 Å². The fourth-order valence-corrected chi connectivity index (χ4v) is 5.31. The van der Waals surface area contributed by atoms with E-state index in [1.807, 2.05) is 82.3 Å². The number of nitrogens with zero attached hydrogens (tertiary/aromatic N) is 2. The van der Waals surface area contributed by atoms with E-state index in [2.05, 4.69) is 21.2 Å². The first-order valence-corrected chi connectivity index (χ1v) is 15.4. The third-order valence-electron chi connectivity index (χ3n) is 6.28. The van der Waals surface area contributed by atoms with Crippen LogP contribution in [0.3, 0.4) is 0 Å². The van der Waals surface area contributed by atoms with Crippen LogP contribution in [0.5, 0.6) is 0 Å². The van der Waals surface area contributed by atoms with Crippen LogP contribution < -0.4 is 9.62 Å². The molecule has 9 heteroatoms. The Morgan fingerprint density at radius 2 is 1.56 bits per heavy atom. The van der Waals surface area contributed by atoms with Crippen LogP contribution in [0.2, 0.25) is 0 Å². The van der Waals surface area contributed by atoms with Gasteiger partial charge in [0.15, 0.2) is 0 Å². The van der Waals surface area contributed by atoms with Gasteiger partial charge in [-0.1, -0.05) is 76.1 Å². The maximum atomic E-state index is 14.0. The lowest BCUT2D eigenvalue weighted by Crippen LogP contribution is -2.54. The summed E-state index contributed by atoms with van der Waals surface area (Å²) >= 11 is 3.44. The third kappa shape index (κ3) is 8.66. The minimum Gasteiger partial charge on any atom is -0.352 e. The maximum Gasteiger partial charge on any atom is 0.244 e. The van der Waals surface area contributed by atoms with Gasteiger partial charge < -0.3 is 10.2 Å². The van der Waals surface area contributed by atoms with Gasteiger partial charge in [-0.2, -0.15) is 0 Å². The summed E-state index contributed by atoms with van der Waals surface area (Å²) in [5, 5.41) is 2.95. The summed E-state index contributed by atoms with van der Waals surface area (Å²) in [6.07, 6.45) is 1.36. The second-order valence-corrected chi connectivity index (χ2v) is 12.8. The SMILES string of the molecule is Cc1ccc(CN(C(=O)CN(c2ccc(Br)c(C)c2)S(C)(=O)=O)C(Cc2ccccc2)C(=O)NC(C)C)cc1. The van der Waals surface area contributed by atoms with Crippen LogP contribution in [0.25, 0.3) is 0 Å². The fourth-order valence-electron chi connectivity index (χ4n) is 4.22. The molecule has 0 spiro atoms. The van der Waals surface area contributed by atoms with E-state index in [1.165, 1.54) is 4.90 Å². The molecule has 7 nitrogen and oxygen atoms in total. The number of carbonyl (C=O) groups is 2. The molecular formula is C30H36BrN3O4S. The molecular weight excluding hydrogens is 578 g/mol. The number of sulfonamides is 1. The Bertz CT molecular complexity index is 1390. The molecule has 1 atom stereocenters. The lowest BCUT2D eigenvalue weighted by molar-refractivity contribution is -0.140. The van der Waals surface area contributed by atoms with Gasteiger partial charge in [0, 0.05) is 23.5 Å². The highest BCUT2D eigenvalue weighted by atomic mass is 79.9. The van der Waals surface area contributed by atoms with Crippen molar-refractivity contribution in [3.05, 3.63) is 99.5 Å². The van der Waals surface area contributed by atoms with E-state index in [-0.39, 0.29) is 24.9 Å². The van der Waals surface area contributed by atoms with E-state index in [9.17, 15) is 18.0 Å². The molecule has 208 valence electrons. The smallest absolute Gasteiger partial charge is 0.244 e. The lowest BCUT2D eigenvalue weighted by atomic mass is 10.0. The van der Waals surface area contributed by atoms with Crippen LogP contribution in [0.15, 0.2) is 77.3 Å². The number of rotatable bonds is 11. The zero-order valence-electron chi connectivity index (χ0n) is 23.0. The van der Waals surface area contributed by atoms with Crippen molar-refractivity contribution in [2.45, 2.75) is 52.7 Å². The number of hydrogen-bond donors (Lipinski definition) is 1. The highest BCUT2D eigenvalue weighted by Crippen LogP contribution is 2.25. The van der Waals surface area contributed by atoms with Crippen molar-refractivity contribution in [1.29, 1.82) is 0 Å². The Balaban J connectivity index is 2.06. The molecule has 0 aliphatic carbocycles. The summed E-state index contributed by atoms with van der Waals surface area (Å²) in [6.45, 7) is 7.28. The Kier molecular flexibility index (Phi) is 10.3. The molecule has 0 fully saturated rings. The van der Waals surface area contributed by atoms with Gasteiger partial charge in [-0.25, -0.2) is 8.42 Å². The number of aryl methyl sites for hydroxylation is 2. The fraction of sp³-hybridized carbons (Fsp3) is 0.333. The average Bonchev–Trinajstić information content (AvgIpc) is 2.87. The molecule has 3 aromatic rings. The summed E-state index contributed by atoms with van der Waals surface area (Å²) in [7, 11) is -3.81. The van der Waals surface area contributed by atoms with Crippen LogP contribution in [0.1, 0.15) is 36.1 Å². The Labute approximate surface area is 240 Å². The zero-order valence-corrected chi connectivity index (χ0v) is 25.4. The first-order chi connectivity index (χ1) is 18.3. The minimum absolute atomic E-state index is 0.134. The van der Waals surface area contributed by atoms with E-state index in [0.717, 1.165) is 37.3 Å². The van der Waals surface area contributed by atoms with Gasteiger partial charge >= 0.3 is 0 Å². The number of carbonyl (C=O) groups excluding carboxylic acids is 2. The van der Waals surface area contributed by atoms with Gasteiger partial charge in [-0.3, -0.25) is 13.9 Å². The van der Waals surface area contributed by atoms with Crippen molar-refractivity contribution in [1.82, 2.24) is 10.2 Å². The number of anilines is 1. The first kappa shape index (κ1) is 30.4. The van der Waals surface area contributed by atoms with Crippen LogP contribution in [-0.4, -0.2) is 50.0 Å². The molecule has 3 aromatic carbocycles. The van der Waals surface area contributed by atoms with E-state index in [4.69, 9.17) is 0 Å². The molecule has 0 bridgehead atoms. The summed E-state index contributed by atoms with van der Waals surface area (Å²) < 4.78 is 27.7. The van der Waals surface area contributed by atoms with Crippen molar-refractivity contribution < 1.29 is 18.0 Å². The molecule has 0 aliphatic heterocycles. The molecule has 1 N–H and O–H groups in total. The quantitative estimate of drug-likeness (QED) is 0.330. The molecule has 0 saturated carbocycles. The van der Waals surface area contributed by atoms with Crippen LogP contribution in [0, 0.1) is 13.8 Å². The minimum atomic E-state index is -3.81. The van der Waals surface area contributed by atoms with Crippen molar-refractivity contribution >= 4 is 43.5 Å². The number of halogens is 1. The molecule has 0 aliphatic rings. The van der Waals surface area contributed by atoms with Crippen molar-refractivity contribution in [3.8, 4) is 0 Å². The predicted octanol–water partition coefficient (Wildman–Crippen LogP) is 5.00. The van der Waals surface area contributed by atoms with Crippen molar-refractivity contribution in [2.75, 3.05) is 17.1 Å². The van der Waals surface area contributed by atoms with Gasteiger partial charge in [0.2, 0.25) is 21.8 Å². The zero-order chi connectivity index (χ0) is 28.7. The van der Waals surface area contributed by atoms with E-state index >= 15 is 0 Å². The summed E-state index contributed by atoms with van der Waals surface area (Å²) in [6, 6.07) is 21.4. The van der Waals surface area contributed by atoms with Gasteiger partial charge in [-0.15, -0.1) is 0 Å². The largest absolute Gasteiger partial charge is 0.352 e.